The van der Waals surface area contributed by atoms with E-state index in [4.69, 9.17) is 4.74 Å². The summed E-state index contributed by atoms with van der Waals surface area (Å²) in [7, 11) is 3.13. The molecule has 1 unspecified atom stereocenters. The summed E-state index contributed by atoms with van der Waals surface area (Å²) in [4.78, 5) is 24.8. The molecule has 1 aliphatic rings. The first-order chi connectivity index (χ1) is 10.5. The number of nitro benzene ring substituents is 1. The third-order valence-electron chi connectivity index (χ3n) is 4.04. The van der Waals surface area contributed by atoms with Crippen LogP contribution in [0.2, 0.25) is 0 Å². The second-order valence-corrected chi connectivity index (χ2v) is 5.39. The van der Waals surface area contributed by atoms with Crippen LogP contribution in [0, 0.1) is 10.1 Å². The first-order valence-corrected chi connectivity index (χ1v) is 7.35. The van der Waals surface area contributed by atoms with E-state index >= 15 is 0 Å². The molecule has 8 heteroatoms. The van der Waals surface area contributed by atoms with Crippen molar-refractivity contribution in [3.63, 3.8) is 0 Å². The number of ether oxygens (including phenoxy) is 1. The molecule has 0 saturated carbocycles. The number of hydrogen-bond donors (Lipinski definition) is 1. The van der Waals surface area contributed by atoms with E-state index in [0.29, 0.717) is 5.56 Å². The summed E-state index contributed by atoms with van der Waals surface area (Å²) in [6.45, 7) is 1.84. The fraction of sp³-hybridized carbons (Fsp3) is 0.533. The molecule has 1 heterocycles. The van der Waals surface area contributed by atoms with Crippen LogP contribution >= 0.6 is 12.4 Å². The highest BCUT2D eigenvalue weighted by molar-refractivity contribution is 5.95. The van der Waals surface area contributed by atoms with Gasteiger partial charge in [-0.15, -0.1) is 12.4 Å². The van der Waals surface area contributed by atoms with E-state index < -0.39 is 4.92 Å². The summed E-state index contributed by atoms with van der Waals surface area (Å²) in [5.74, 6) is -0.0412. The van der Waals surface area contributed by atoms with Crippen LogP contribution in [0.3, 0.4) is 0 Å². The maximum Gasteiger partial charge on any atom is 0.311 e. The zero-order chi connectivity index (χ0) is 16.1. The van der Waals surface area contributed by atoms with Crippen molar-refractivity contribution < 1.29 is 14.5 Å². The minimum atomic E-state index is -0.537. The molecule has 1 saturated heterocycles. The van der Waals surface area contributed by atoms with Gasteiger partial charge in [-0.2, -0.15) is 0 Å². The van der Waals surface area contributed by atoms with Crippen molar-refractivity contribution >= 4 is 24.0 Å². The predicted octanol–water partition coefficient (Wildman–Crippen LogP) is 2.24. The third-order valence-corrected chi connectivity index (χ3v) is 4.04. The summed E-state index contributed by atoms with van der Waals surface area (Å²) in [6.07, 6.45) is 2.85. The normalized spacial score (nSPS) is 17.6. The van der Waals surface area contributed by atoms with Gasteiger partial charge in [-0.05, 0) is 44.5 Å². The van der Waals surface area contributed by atoms with Gasteiger partial charge in [0.2, 0.25) is 0 Å². The fourth-order valence-electron chi connectivity index (χ4n) is 2.72. The quantitative estimate of drug-likeness (QED) is 0.669. The predicted molar refractivity (Wildman–Crippen MR) is 89.5 cm³/mol. The van der Waals surface area contributed by atoms with Gasteiger partial charge in [-0.1, -0.05) is 0 Å². The first-order valence-electron chi connectivity index (χ1n) is 7.35. The summed E-state index contributed by atoms with van der Waals surface area (Å²) < 4.78 is 4.96. The van der Waals surface area contributed by atoms with Crippen molar-refractivity contribution in [1.29, 1.82) is 0 Å². The van der Waals surface area contributed by atoms with Crippen molar-refractivity contribution in [3.05, 3.63) is 33.9 Å². The van der Waals surface area contributed by atoms with Crippen LogP contribution in [-0.4, -0.2) is 49.0 Å². The van der Waals surface area contributed by atoms with E-state index in [0.717, 1.165) is 32.4 Å². The molecule has 1 atom stereocenters. The second kappa shape index (κ2) is 8.69. The van der Waals surface area contributed by atoms with Crippen molar-refractivity contribution in [2.75, 3.05) is 27.2 Å². The van der Waals surface area contributed by atoms with Gasteiger partial charge in [-0.25, -0.2) is 0 Å². The Hall–Kier alpha value is -1.86. The molecular weight excluding hydrogens is 322 g/mol. The lowest BCUT2D eigenvalue weighted by molar-refractivity contribution is -0.385. The maximum absolute atomic E-state index is 12.6. The van der Waals surface area contributed by atoms with E-state index in [1.54, 1.807) is 18.0 Å². The molecule has 1 fully saturated rings. The summed E-state index contributed by atoms with van der Waals surface area (Å²) in [5, 5.41) is 14.4. The number of amides is 1. The topological polar surface area (TPSA) is 84.7 Å². The Morgan fingerprint density at radius 3 is 2.78 bits per heavy atom. The number of nitro groups is 1. The molecule has 23 heavy (non-hydrogen) atoms. The highest BCUT2D eigenvalue weighted by Crippen LogP contribution is 2.28. The Morgan fingerprint density at radius 1 is 1.39 bits per heavy atom. The number of hydrogen-bond acceptors (Lipinski definition) is 5. The highest BCUT2D eigenvalue weighted by atomic mass is 35.5. The van der Waals surface area contributed by atoms with Crippen LogP contribution in [0.1, 0.15) is 29.6 Å². The van der Waals surface area contributed by atoms with Crippen LogP contribution in [0.15, 0.2) is 18.2 Å². The third kappa shape index (κ3) is 4.56. The van der Waals surface area contributed by atoms with E-state index in [1.807, 2.05) is 0 Å². The van der Waals surface area contributed by atoms with Crippen molar-refractivity contribution in [3.8, 4) is 5.75 Å². The molecule has 1 N–H and O–H groups in total. The molecule has 128 valence electrons. The van der Waals surface area contributed by atoms with Gasteiger partial charge in [0, 0.05) is 24.7 Å². The van der Waals surface area contributed by atoms with Crippen LogP contribution in [0.5, 0.6) is 5.75 Å². The number of carbonyl (C=O) groups is 1. The van der Waals surface area contributed by atoms with Crippen molar-refractivity contribution in [1.82, 2.24) is 10.2 Å². The van der Waals surface area contributed by atoms with Gasteiger partial charge in [0.15, 0.2) is 5.75 Å². The number of nitrogens with zero attached hydrogens (tertiary/aromatic N) is 2. The number of benzene rings is 1. The number of halogens is 1. The number of methoxy groups -OCH3 is 1. The van der Waals surface area contributed by atoms with Gasteiger partial charge in [-0.3, -0.25) is 14.9 Å². The molecule has 7 nitrogen and oxygen atoms in total. The Labute approximate surface area is 141 Å². The Kier molecular flexibility index (Phi) is 7.25. The van der Waals surface area contributed by atoms with E-state index in [1.165, 1.54) is 19.2 Å². The second-order valence-electron chi connectivity index (χ2n) is 5.39. The maximum atomic E-state index is 12.6. The van der Waals surface area contributed by atoms with E-state index in [2.05, 4.69) is 5.32 Å². The zero-order valence-corrected chi connectivity index (χ0v) is 14.1. The average Bonchev–Trinajstić information content (AvgIpc) is 2.82. The zero-order valence-electron chi connectivity index (χ0n) is 13.3. The van der Waals surface area contributed by atoms with Gasteiger partial charge >= 0.3 is 5.69 Å². The van der Waals surface area contributed by atoms with Crippen molar-refractivity contribution in [2.45, 2.75) is 25.3 Å². The van der Waals surface area contributed by atoms with Crippen LogP contribution in [-0.2, 0) is 0 Å². The van der Waals surface area contributed by atoms with Crippen LogP contribution in [0.4, 0.5) is 5.69 Å². The van der Waals surface area contributed by atoms with Gasteiger partial charge in [0.05, 0.1) is 12.0 Å². The minimum Gasteiger partial charge on any atom is -0.490 e. The molecule has 0 bridgehead atoms. The molecular formula is C15H22ClN3O4. The molecule has 0 aromatic heterocycles. The Morgan fingerprint density at radius 2 is 2.13 bits per heavy atom. The molecule has 2 rings (SSSR count). The molecule has 0 aliphatic carbocycles. The largest absolute Gasteiger partial charge is 0.490 e. The first kappa shape index (κ1) is 19.2. The molecule has 0 radical (unpaired) electrons. The van der Waals surface area contributed by atoms with Crippen LogP contribution in [0.25, 0.3) is 0 Å². The van der Waals surface area contributed by atoms with Gasteiger partial charge in [0.25, 0.3) is 5.91 Å². The van der Waals surface area contributed by atoms with E-state index in [9.17, 15) is 14.9 Å². The smallest absolute Gasteiger partial charge is 0.311 e. The Balaban J connectivity index is 0.00000264. The lowest BCUT2D eigenvalue weighted by atomic mass is 10.1. The molecule has 1 aromatic carbocycles. The molecule has 1 amide bonds. The lowest BCUT2D eigenvalue weighted by Crippen LogP contribution is -2.37. The SMILES string of the molecule is COc1ccc(C(=O)N(C)C2CCCNCC2)cc1[N+](=O)[O-].Cl. The van der Waals surface area contributed by atoms with Crippen LogP contribution < -0.4 is 10.1 Å². The minimum absolute atomic E-state index is 0. The van der Waals surface area contributed by atoms with E-state index in [-0.39, 0.29) is 35.8 Å². The Bertz CT molecular complexity index is 560. The number of rotatable bonds is 4. The number of carbonyl (C=O) groups excluding carboxylic acids is 1. The van der Waals surface area contributed by atoms with Gasteiger partial charge < -0.3 is 15.0 Å². The standard InChI is InChI=1S/C15H21N3O4.ClH/c1-17(12-4-3-8-16-9-7-12)15(19)11-5-6-14(22-2)13(10-11)18(20)21;/h5-6,10,12,16H,3-4,7-9H2,1-2H3;1H. The summed E-state index contributed by atoms with van der Waals surface area (Å²) >= 11 is 0. The molecule has 1 aromatic rings. The highest BCUT2D eigenvalue weighted by Gasteiger charge is 2.24. The summed E-state index contributed by atoms with van der Waals surface area (Å²) in [5.41, 5.74) is 0.122. The number of nitrogens with one attached hydrogen (secondary N) is 1. The molecule has 0 spiro atoms. The average molecular weight is 344 g/mol. The summed E-state index contributed by atoms with van der Waals surface area (Å²) in [6, 6.07) is 4.48. The molecule has 1 aliphatic heterocycles. The monoisotopic (exact) mass is 343 g/mol. The van der Waals surface area contributed by atoms with Crippen molar-refractivity contribution in [2.24, 2.45) is 0 Å². The fourth-order valence-corrected chi connectivity index (χ4v) is 2.72. The lowest BCUT2D eigenvalue weighted by Gasteiger charge is -2.27. The van der Waals surface area contributed by atoms with Gasteiger partial charge in [0.1, 0.15) is 0 Å².